The number of anilines is 1. The Morgan fingerprint density at radius 1 is 0.938 bits per heavy atom. The molecule has 0 aliphatic carbocycles. The molecule has 32 heavy (non-hydrogen) atoms. The van der Waals surface area contributed by atoms with Crippen molar-refractivity contribution in [1.29, 1.82) is 0 Å². The van der Waals surface area contributed by atoms with Crippen LogP contribution in [0.4, 0.5) is 5.82 Å². The van der Waals surface area contributed by atoms with Crippen LogP contribution in [0.1, 0.15) is 18.9 Å². The van der Waals surface area contributed by atoms with Gasteiger partial charge in [-0.3, -0.25) is 4.79 Å². The number of fused-ring (bicyclic) bond motifs is 1. The first kappa shape index (κ1) is 20.2. The van der Waals surface area contributed by atoms with E-state index in [9.17, 15) is 4.79 Å². The number of hydrogen-bond acceptors (Lipinski definition) is 4. The molecule has 6 nitrogen and oxygen atoms in total. The van der Waals surface area contributed by atoms with Gasteiger partial charge in [-0.2, -0.15) is 0 Å². The highest BCUT2D eigenvalue weighted by Crippen LogP contribution is 2.37. The van der Waals surface area contributed by atoms with E-state index in [4.69, 9.17) is 9.97 Å². The van der Waals surface area contributed by atoms with Gasteiger partial charge in [0.25, 0.3) is 0 Å². The van der Waals surface area contributed by atoms with Gasteiger partial charge in [-0.05, 0) is 24.1 Å². The van der Waals surface area contributed by atoms with E-state index < -0.39 is 0 Å². The van der Waals surface area contributed by atoms with Crippen LogP contribution >= 0.6 is 0 Å². The van der Waals surface area contributed by atoms with Gasteiger partial charge >= 0.3 is 0 Å². The number of carbonyl (C=O) groups excluding carboxylic acids is 1. The Labute approximate surface area is 188 Å². The quantitative estimate of drug-likeness (QED) is 0.485. The number of aryl methyl sites for hydroxylation is 1. The number of carbonyl (C=O) groups is 1. The fourth-order valence-electron chi connectivity index (χ4n) is 4.53. The Morgan fingerprint density at radius 2 is 1.66 bits per heavy atom. The molecule has 1 fully saturated rings. The predicted molar refractivity (Wildman–Crippen MR) is 128 cm³/mol. The third kappa shape index (κ3) is 3.51. The van der Waals surface area contributed by atoms with Crippen molar-refractivity contribution in [2.24, 2.45) is 0 Å². The second kappa shape index (κ2) is 8.46. The van der Waals surface area contributed by atoms with Crippen molar-refractivity contribution in [3.05, 3.63) is 72.7 Å². The maximum absolute atomic E-state index is 12.1. The molecule has 0 N–H and O–H groups in total. The SMILES string of the molecule is CCC(=O)N1CCN(c2ncnc3c2c(-c2ccccc2)cn3-c2ccccc2C)CC1. The van der Waals surface area contributed by atoms with Gasteiger partial charge in [0.1, 0.15) is 12.1 Å². The molecule has 2 aromatic carbocycles. The molecule has 0 bridgehead atoms. The fourth-order valence-corrected chi connectivity index (χ4v) is 4.53. The molecule has 1 aliphatic heterocycles. The number of piperazine rings is 1. The molecule has 3 heterocycles. The van der Waals surface area contributed by atoms with Gasteiger partial charge in [0, 0.05) is 50.0 Å². The number of rotatable bonds is 4. The first-order valence-electron chi connectivity index (χ1n) is 11.2. The van der Waals surface area contributed by atoms with Crippen LogP contribution in [-0.4, -0.2) is 51.5 Å². The highest BCUT2D eigenvalue weighted by molar-refractivity contribution is 6.02. The minimum atomic E-state index is 0.216. The molecule has 1 amide bonds. The lowest BCUT2D eigenvalue weighted by Crippen LogP contribution is -2.48. The maximum Gasteiger partial charge on any atom is 0.222 e. The molecule has 162 valence electrons. The van der Waals surface area contributed by atoms with Crippen LogP contribution in [0.5, 0.6) is 0 Å². The topological polar surface area (TPSA) is 54.3 Å². The van der Waals surface area contributed by atoms with E-state index in [0.29, 0.717) is 6.42 Å². The lowest BCUT2D eigenvalue weighted by Gasteiger charge is -2.35. The van der Waals surface area contributed by atoms with E-state index in [1.165, 1.54) is 5.56 Å². The average molecular weight is 426 g/mol. The summed E-state index contributed by atoms with van der Waals surface area (Å²) in [6.45, 7) is 7.01. The number of benzene rings is 2. The summed E-state index contributed by atoms with van der Waals surface area (Å²) in [6, 6.07) is 18.8. The van der Waals surface area contributed by atoms with Crippen LogP contribution in [-0.2, 0) is 4.79 Å². The zero-order valence-electron chi connectivity index (χ0n) is 18.5. The van der Waals surface area contributed by atoms with Crippen LogP contribution < -0.4 is 4.90 Å². The zero-order chi connectivity index (χ0) is 22.1. The summed E-state index contributed by atoms with van der Waals surface area (Å²) in [5, 5.41) is 1.05. The smallest absolute Gasteiger partial charge is 0.222 e. The summed E-state index contributed by atoms with van der Waals surface area (Å²) in [5.74, 6) is 1.15. The molecule has 0 saturated carbocycles. The summed E-state index contributed by atoms with van der Waals surface area (Å²) >= 11 is 0. The first-order valence-corrected chi connectivity index (χ1v) is 11.2. The molecule has 6 heteroatoms. The van der Waals surface area contributed by atoms with Crippen molar-refractivity contribution in [3.63, 3.8) is 0 Å². The van der Waals surface area contributed by atoms with Gasteiger partial charge < -0.3 is 14.4 Å². The largest absolute Gasteiger partial charge is 0.352 e. The number of hydrogen-bond donors (Lipinski definition) is 0. The van der Waals surface area contributed by atoms with Crippen molar-refractivity contribution in [2.45, 2.75) is 20.3 Å². The molecule has 2 aromatic heterocycles. The van der Waals surface area contributed by atoms with Crippen molar-refractivity contribution < 1.29 is 4.79 Å². The second-order valence-electron chi connectivity index (χ2n) is 8.18. The van der Waals surface area contributed by atoms with Crippen LogP contribution in [0.2, 0.25) is 0 Å². The van der Waals surface area contributed by atoms with Gasteiger partial charge in [0.15, 0.2) is 5.65 Å². The highest BCUT2D eigenvalue weighted by Gasteiger charge is 2.25. The Balaban J connectivity index is 1.66. The summed E-state index contributed by atoms with van der Waals surface area (Å²) in [6.07, 6.45) is 4.39. The minimum Gasteiger partial charge on any atom is -0.352 e. The number of nitrogens with zero attached hydrogens (tertiary/aromatic N) is 5. The van der Waals surface area contributed by atoms with Crippen LogP contribution in [0, 0.1) is 6.92 Å². The van der Waals surface area contributed by atoms with Gasteiger partial charge in [-0.15, -0.1) is 0 Å². The molecule has 1 saturated heterocycles. The van der Waals surface area contributed by atoms with Gasteiger partial charge in [0.2, 0.25) is 5.91 Å². The monoisotopic (exact) mass is 425 g/mol. The molecule has 1 aliphatic rings. The fraction of sp³-hybridized carbons (Fsp3) is 0.269. The molecule has 4 aromatic rings. The third-order valence-electron chi connectivity index (χ3n) is 6.26. The van der Waals surface area contributed by atoms with Gasteiger partial charge in [0.05, 0.1) is 5.39 Å². The van der Waals surface area contributed by atoms with E-state index >= 15 is 0 Å². The van der Waals surface area contributed by atoms with E-state index in [1.807, 2.05) is 17.9 Å². The Kier molecular flexibility index (Phi) is 5.35. The lowest BCUT2D eigenvalue weighted by molar-refractivity contribution is -0.131. The second-order valence-corrected chi connectivity index (χ2v) is 8.18. The van der Waals surface area contributed by atoms with Crippen molar-refractivity contribution >= 4 is 22.8 Å². The lowest BCUT2D eigenvalue weighted by atomic mass is 10.1. The first-order chi connectivity index (χ1) is 15.7. The summed E-state index contributed by atoms with van der Waals surface area (Å²) in [7, 11) is 0. The van der Waals surface area contributed by atoms with Crippen molar-refractivity contribution in [2.75, 3.05) is 31.1 Å². The van der Waals surface area contributed by atoms with Gasteiger partial charge in [-0.1, -0.05) is 55.5 Å². The molecule has 0 unspecified atom stereocenters. The molecule has 0 spiro atoms. The van der Waals surface area contributed by atoms with Crippen molar-refractivity contribution in [1.82, 2.24) is 19.4 Å². The van der Waals surface area contributed by atoms with Crippen LogP contribution in [0.3, 0.4) is 0 Å². The molecule has 5 rings (SSSR count). The standard InChI is InChI=1S/C26H27N5O/c1-3-23(32)29-13-15-30(16-14-29)25-24-21(20-10-5-4-6-11-20)17-31(26(24)28-18-27-25)22-12-8-7-9-19(22)2/h4-12,17-18H,3,13-16H2,1-2H3. The van der Waals surface area contributed by atoms with E-state index in [2.05, 4.69) is 71.1 Å². The maximum atomic E-state index is 12.1. The summed E-state index contributed by atoms with van der Waals surface area (Å²) in [5.41, 5.74) is 5.46. The van der Waals surface area contributed by atoms with Gasteiger partial charge in [-0.25, -0.2) is 9.97 Å². The van der Waals surface area contributed by atoms with Crippen molar-refractivity contribution in [3.8, 4) is 16.8 Å². The summed E-state index contributed by atoms with van der Waals surface area (Å²) in [4.78, 5) is 25.8. The average Bonchev–Trinajstić information content (AvgIpc) is 3.24. The number of amides is 1. The minimum absolute atomic E-state index is 0.216. The molecular formula is C26H27N5O. The number of aromatic nitrogens is 3. The Morgan fingerprint density at radius 3 is 2.38 bits per heavy atom. The van der Waals surface area contributed by atoms with E-state index in [0.717, 1.165) is 59.8 Å². The normalized spacial score (nSPS) is 14.2. The molecular weight excluding hydrogens is 398 g/mol. The zero-order valence-corrected chi connectivity index (χ0v) is 18.5. The Bertz CT molecular complexity index is 1260. The highest BCUT2D eigenvalue weighted by atomic mass is 16.2. The molecule has 0 atom stereocenters. The predicted octanol–water partition coefficient (Wildman–Crippen LogP) is 4.45. The third-order valence-corrected chi connectivity index (χ3v) is 6.26. The van der Waals surface area contributed by atoms with Crippen LogP contribution in [0.15, 0.2) is 67.1 Å². The molecule has 0 radical (unpaired) electrons. The van der Waals surface area contributed by atoms with E-state index in [-0.39, 0.29) is 5.91 Å². The van der Waals surface area contributed by atoms with Crippen LogP contribution in [0.25, 0.3) is 27.8 Å². The Hall–Kier alpha value is -3.67. The number of para-hydroxylation sites is 1. The summed E-state index contributed by atoms with van der Waals surface area (Å²) < 4.78 is 2.18. The van der Waals surface area contributed by atoms with E-state index in [1.54, 1.807) is 6.33 Å².